The minimum absolute atomic E-state index is 0.390. The summed E-state index contributed by atoms with van der Waals surface area (Å²) in [7, 11) is 1.66. The number of halogens is 1. The zero-order valence-corrected chi connectivity index (χ0v) is 19.5. The van der Waals surface area contributed by atoms with Crippen LogP contribution in [0.1, 0.15) is 18.2 Å². The predicted molar refractivity (Wildman–Crippen MR) is 128 cm³/mol. The maximum atomic E-state index is 10.6. The number of para-hydroxylation sites is 2. The van der Waals surface area contributed by atoms with Crippen LogP contribution in [0.15, 0.2) is 67.3 Å². The summed E-state index contributed by atoms with van der Waals surface area (Å²) in [5.74, 6) is 1.14. The highest BCUT2D eigenvalue weighted by atomic mass is 35.5. The van der Waals surface area contributed by atoms with Crippen LogP contribution in [-0.4, -0.2) is 52.2 Å². The van der Waals surface area contributed by atoms with Crippen molar-refractivity contribution < 1.29 is 14.6 Å². The van der Waals surface area contributed by atoms with Crippen LogP contribution in [0.3, 0.4) is 0 Å². The first-order valence-corrected chi connectivity index (χ1v) is 10.9. The quantitative estimate of drug-likeness (QED) is 0.412. The second kappa shape index (κ2) is 10.8. The highest BCUT2D eigenvalue weighted by Gasteiger charge is 2.25. The third kappa shape index (κ3) is 5.99. The molecule has 170 valence electrons. The van der Waals surface area contributed by atoms with Crippen LogP contribution >= 0.6 is 11.6 Å². The van der Waals surface area contributed by atoms with Gasteiger partial charge in [0.05, 0.1) is 34.2 Å². The van der Waals surface area contributed by atoms with Crippen molar-refractivity contribution in [1.82, 2.24) is 14.7 Å². The van der Waals surface area contributed by atoms with Gasteiger partial charge in [0.1, 0.15) is 5.75 Å². The minimum atomic E-state index is -1.04. The van der Waals surface area contributed by atoms with Crippen molar-refractivity contribution in [2.75, 3.05) is 26.8 Å². The summed E-state index contributed by atoms with van der Waals surface area (Å²) in [4.78, 5) is 2.10. The largest absolute Gasteiger partial charge is 0.437 e. The first-order chi connectivity index (χ1) is 15.3. The molecule has 2 aromatic carbocycles. The number of aliphatic hydroxyl groups is 1. The Bertz CT molecular complexity index is 1030. The Kier molecular flexibility index (Phi) is 8.10. The van der Waals surface area contributed by atoms with E-state index in [-0.39, 0.29) is 0 Å². The molecule has 7 heteroatoms. The van der Waals surface area contributed by atoms with Gasteiger partial charge >= 0.3 is 0 Å². The van der Waals surface area contributed by atoms with Crippen molar-refractivity contribution in [2.45, 2.75) is 26.0 Å². The van der Waals surface area contributed by atoms with Crippen LogP contribution in [0.25, 0.3) is 5.69 Å². The molecule has 1 atom stereocenters. The standard InChI is InChI=1S/C25H30ClN3O3/c1-5-25(3,30)18-28(15-16-31-4)17-21-19(2)27-29(20-11-7-6-8-12-20)24(21)32-23-14-10-9-13-22(23)26/h5-14,30H,1,15-18H2,2-4H3. The molecule has 32 heavy (non-hydrogen) atoms. The zero-order chi connectivity index (χ0) is 23.1. The molecule has 0 saturated carbocycles. The summed E-state index contributed by atoms with van der Waals surface area (Å²) >= 11 is 6.39. The maximum absolute atomic E-state index is 10.6. The van der Waals surface area contributed by atoms with E-state index in [2.05, 4.69) is 11.5 Å². The van der Waals surface area contributed by atoms with Gasteiger partial charge in [-0.15, -0.1) is 6.58 Å². The van der Waals surface area contributed by atoms with Gasteiger partial charge in [-0.05, 0) is 38.1 Å². The van der Waals surface area contributed by atoms with Crippen molar-refractivity contribution in [3.63, 3.8) is 0 Å². The number of aromatic nitrogens is 2. The molecular weight excluding hydrogens is 426 g/mol. The van der Waals surface area contributed by atoms with E-state index < -0.39 is 5.60 Å². The SMILES string of the molecule is C=CC(C)(O)CN(CCOC)Cc1c(C)nn(-c2ccccc2)c1Oc1ccccc1Cl. The normalized spacial score (nSPS) is 13.2. The number of benzene rings is 2. The molecule has 0 fully saturated rings. The Hall–Kier alpha value is -2.64. The molecule has 3 aromatic rings. The lowest BCUT2D eigenvalue weighted by atomic mass is 10.1. The number of ether oxygens (including phenoxy) is 2. The lowest BCUT2D eigenvalue weighted by Crippen LogP contribution is -2.40. The Balaban J connectivity index is 2.04. The van der Waals surface area contributed by atoms with Crippen LogP contribution < -0.4 is 4.74 Å². The molecule has 1 heterocycles. The van der Waals surface area contributed by atoms with Crippen molar-refractivity contribution >= 4 is 11.6 Å². The van der Waals surface area contributed by atoms with Crippen LogP contribution in [0.2, 0.25) is 5.02 Å². The molecule has 0 radical (unpaired) electrons. The van der Waals surface area contributed by atoms with Gasteiger partial charge < -0.3 is 14.6 Å². The van der Waals surface area contributed by atoms with Gasteiger partial charge in [0.25, 0.3) is 0 Å². The topological polar surface area (TPSA) is 59.8 Å². The minimum Gasteiger partial charge on any atom is -0.437 e. The number of hydrogen-bond acceptors (Lipinski definition) is 5. The molecule has 0 aliphatic heterocycles. The molecule has 0 saturated heterocycles. The monoisotopic (exact) mass is 455 g/mol. The second-order valence-corrected chi connectivity index (χ2v) is 8.32. The molecule has 1 unspecified atom stereocenters. The molecule has 1 aromatic heterocycles. The molecule has 1 N–H and O–H groups in total. The molecule has 0 amide bonds. The van der Waals surface area contributed by atoms with Crippen LogP contribution in [-0.2, 0) is 11.3 Å². The van der Waals surface area contributed by atoms with E-state index in [4.69, 9.17) is 26.2 Å². The van der Waals surface area contributed by atoms with Gasteiger partial charge in [-0.2, -0.15) is 5.10 Å². The van der Waals surface area contributed by atoms with E-state index in [1.54, 1.807) is 30.9 Å². The smallest absolute Gasteiger partial charge is 0.227 e. The van der Waals surface area contributed by atoms with E-state index in [9.17, 15) is 5.11 Å². The van der Waals surface area contributed by atoms with Crippen LogP contribution in [0.4, 0.5) is 0 Å². The average molecular weight is 456 g/mol. The molecular formula is C25H30ClN3O3. The van der Waals surface area contributed by atoms with Crippen LogP contribution in [0, 0.1) is 6.92 Å². The van der Waals surface area contributed by atoms with E-state index in [0.717, 1.165) is 16.9 Å². The molecule has 3 rings (SSSR count). The second-order valence-electron chi connectivity index (χ2n) is 7.91. The Morgan fingerprint density at radius 2 is 1.88 bits per heavy atom. The van der Waals surface area contributed by atoms with E-state index in [1.165, 1.54) is 0 Å². The first-order valence-electron chi connectivity index (χ1n) is 10.5. The van der Waals surface area contributed by atoms with Gasteiger partial charge in [-0.1, -0.05) is 48.0 Å². The number of methoxy groups -OCH3 is 1. The summed E-state index contributed by atoms with van der Waals surface area (Å²) in [5.41, 5.74) is 1.58. The van der Waals surface area contributed by atoms with Gasteiger partial charge in [0, 0.05) is 26.7 Å². The zero-order valence-electron chi connectivity index (χ0n) is 18.8. The van der Waals surface area contributed by atoms with Gasteiger partial charge in [-0.3, -0.25) is 4.90 Å². The predicted octanol–water partition coefficient (Wildman–Crippen LogP) is 5.01. The molecule has 0 aliphatic carbocycles. The van der Waals surface area contributed by atoms with Gasteiger partial charge in [-0.25, -0.2) is 4.68 Å². The fraction of sp³-hybridized carbons (Fsp3) is 0.320. The van der Waals surface area contributed by atoms with Gasteiger partial charge in [0.2, 0.25) is 5.88 Å². The van der Waals surface area contributed by atoms with Crippen molar-refractivity contribution in [2.24, 2.45) is 0 Å². The summed E-state index contributed by atoms with van der Waals surface area (Å²) in [6.45, 7) is 9.49. The highest BCUT2D eigenvalue weighted by Crippen LogP contribution is 2.35. The summed E-state index contributed by atoms with van der Waals surface area (Å²) in [6, 6.07) is 17.2. The summed E-state index contributed by atoms with van der Waals surface area (Å²) in [6.07, 6.45) is 1.55. The summed E-state index contributed by atoms with van der Waals surface area (Å²) < 4.78 is 13.4. The molecule has 0 spiro atoms. The summed E-state index contributed by atoms with van der Waals surface area (Å²) in [5, 5.41) is 15.9. The average Bonchev–Trinajstić information content (AvgIpc) is 3.09. The molecule has 6 nitrogen and oxygen atoms in total. The fourth-order valence-corrected chi connectivity index (χ4v) is 3.55. The first kappa shape index (κ1) is 24.0. The van der Waals surface area contributed by atoms with Crippen molar-refractivity contribution in [3.8, 4) is 17.3 Å². The van der Waals surface area contributed by atoms with Crippen molar-refractivity contribution in [1.29, 1.82) is 0 Å². The third-order valence-corrected chi connectivity index (χ3v) is 5.47. The molecule has 0 aliphatic rings. The van der Waals surface area contributed by atoms with Crippen LogP contribution in [0.5, 0.6) is 11.6 Å². The van der Waals surface area contributed by atoms with E-state index in [1.807, 2.05) is 55.5 Å². The number of aryl methyl sites for hydroxylation is 1. The highest BCUT2D eigenvalue weighted by molar-refractivity contribution is 6.32. The maximum Gasteiger partial charge on any atom is 0.227 e. The third-order valence-electron chi connectivity index (χ3n) is 5.16. The van der Waals surface area contributed by atoms with Crippen molar-refractivity contribution in [3.05, 3.63) is 83.5 Å². The number of rotatable bonds is 11. The van der Waals surface area contributed by atoms with Gasteiger partial charge in [0.15, 0.2) is 0 Å². The van der Waals surface area contributed by atoms with E-state index >= 15 is 0 Å². The Morgan fingerprint density at radius 1 is 1.19 bits per heavy atom. The number of hydrogen-bond donors (Lipinski definition) is 1. The Morgan fingerprint density at radius 3 is 2.53 bits per heavy atom. The number of nitrogens with zero attached hydrogens (tertiary/aromatic N) is 3. The fourth-order valence-electron chi connectivity index (χ4n) is 3.38. The molecule has 0 bridgehead atoms. The lowest BCUT2D eigenvalue weighted by Gasteiger charge is -2.29. The Labute approximate surface area is 194 Å². The van der Waals surface area contributed by atoms with E-state index in [0.29, 0.717) is 42.9 Å². The lowest BCUT2D eigenvalue weighted by molar-refractivity contribution is 0.0462.